The molecule has 0 spiro atoms. The molecule has 9 heteroatoms. The Hall–Kier alpha value is -2.73. The molecule has 0 fully saturated rings. The molecule has 8 nitrogen and oxygen atoms in total. The number of pyridine rings is 1. The minimum absolute atomic E-state index is 0.0599. The number of nitrogens with one attached hydrogen (secondary N) is 1. The summed E-state index contributed by atoms with van der Waals surface area (Å²) in [6, 6.07) is 6.96. The highest BCUT2D eigenvalue weighted by atomic mass is 32.2. The topological polar surface area (TPSA) is 112 Å². The molecule has 0 amide bonds. The van der Waals surface area contributed by atoms with Crippen molar-refractivity contribution < 1.29 is 8.42 Å². The molecule has 1 N–H and O–H groups in total. The Morgan fingerprint density at radius 1 is 1.32 bits per heavy atom. The van der Waals surface area contributed by atoms with Crippen molar-refractivity contribution in [2.24, 2.45) is 0 Å². The van der Waals surface area contributed by atoms with Crippen LogP contribution in [0.5, 0.6) is 0 Å². The maximum absolute atomic E-state index is 11.7. The summed E-state index contributed by atoms with van der Waals surface area (Å²) in [6.07, 6.45) is 4.11. The van der Waals surface area contributed by atoms with Crippen LogP contribution < -0.4 is 9.62 Å². The molecule has 0 unspecified atom stereocenters. The summed E-state index contributed by atoms with van der Waals surface area (Å²) in [5.41, 5.74) is 0.688. The van der Waals surface area contributed by atoms with Crippen LogP contribution in [0.15, 0.2) is 30.6 Å². The lowest BCUT2D eigenvalue weighted by atomic mass is 10.2. The highest BCUT2D eigenvalue weighted by Crippen LogP contribution is 2.19. The van der Waals surface area contributed by atoms with E-state index in [2.05, 4.69) is 20.3 Å². The van der Waals surface area contributed by atoms with Crippen LogP contribution in [0.25, 0.3) is 0 Å². The largest absolute Gasteiger partial charge is 0.366 e. The Kier molecular flexibility index (Phi) is 4.53. The number of nitrogens with zero attached hydrogens (tertiary/aromatic N) is 5. The summed E-state index contributed by atoms with van der Waals surface area (Å²) in [5.74, 6) is 0.875. The standard InChI is InChI=1S/C13H14N6O2S/c1-19(22(2,20)21)13-10(4-3-6-16-13)9-17-11-5-7-15-12(8-14)18-11/h3-7H,9H2,1-2H3,(H,15,17,18). The fourth-order valence-corrected chi connectivity index (χ4v) is 2.18. The van der Waals surface area contributed by atoms with Crippen LogP contribution in [0.1, 0.15) is 11.4 Å². The maximum Gasteiger partial charge on any atom is 0.234 e. The molecular formula is C13H14N6O2S. The van der Waals surface area contributed by atoms with Crippen molar-refractivity contribution in [1.82, 2.24) is 15.0 Å². The van der Waals surface area contributed by atoms with Gasteiger partial charge in [0.15, 0.2) is 0 Å². The molecule has 114 valence electrons. The first-order chi connectivity index (χ1) is 10.4. The van der Waals surface area contributed by atoms with E-state index >= 15 is 0 Å². The van der Waals surface area contributed by atoms with E-state index in [0.717, 1.165) is 10.6 Å². The molecule has 0 saturated carbocycles. The average Bonchev–Trinajstić information content (AvgIpc) is 2.52. The lowest BCUT2D eigenvalue weighted by molar-refractivity contribution is 0.599. The van der Waals surface area contributed by atoms with Crippen molar-refractivity contribution in [1.29, 1.82) is 5.26 Å². The van der Waals surface area contributed by atoms with Crippen LogP contribution in [0.2, 0.25) is 0 Å². The van der Waals surface area contributed by atoms with Crippen LogP contribution in [0, 0.1) is 11.3 Å². The number of anilines is 2. The van der Waals surface area contributed by atoms with E-state index in [1.165, 1.54) is 19.4 Å². The molecule has 0 atom stereocenters. The second-order valence-corrected chi connectivity index (χ2v) is 6.46. The number of hydrogen-bond donors (Lipinski definition) is 1. The molecular weight excluding hydrogens is 304 g/mol. The molecule has 0 saturated heterocycles. The van der Waals surface area contributed by atoms with Gasteiger partial charge in [-0.05, 0) is 12.1 Å². The van der Waals surface area contributed by atoms with Gasteiger partial charge in [-0.3, -0.25) is 4.31 Å². The van der Waals surface area contributed by atoms with E-state index in [1.54, 1.807) is 18.2 Å². The maximum atomic E-state index is 11.7. The van der Waals surface area contributed by atoms with Gasteiger partial charge in [0, 0.05) is 31.5 Å². The molecule has 2 heterocycles. The van der Waals surface area contributed by atoms with Crippen molar-refractivity contribution in [3.05, 3.63) is 42.0 Å². The summed E-state index contributed by atoms with van der Waals surface area (Å²) in [6.45, 7) is 0.310. The van der Waals surface area contributed by atoms with E-state index in [4.69, 9.17) is 5.26 Å². The van der Waals surface area contributed by atoms with E-state index in [9.17, 15) is 8.42 Å². The third kappa shape index (κ3) is 3.67. The quantitative estimate of drug-likeness (QED) is 0.865. The Labute approximate surface area is 128 Å². The Morgan fingerprint density at radius 3 is 2.77 bits per heavy atom. The molecule has 0 radical (unpaired) electrons. The Balaban J connectivity index is 2.22. The van der Waals surface area contributed by atoms with E-state index in [-0.39, 0.29) is 5.82 Å². The SMILES string of the molecule is CN(c1ncccc1CNc1ccnc(C#N)n1)S(C)(=O)=O. The highest BCUT2D eigenvalue weighted by Gasteiger charge is 2.16. The van der Waals surface area contributed by atoms with Crippen LogP contribution in [0.3, 0.4) is 0 Å². The summed E-state index contributed by atoms with van der Waals surface area (Å²) in [4.78, 5) is 11.9. The number of aromatic nitrogens is 3. The molecule has 2 aromatic rings. The molecule has 0 bridgehead atoms. The predicted octanol–water partition coefficient (Wildman–Crippen LogP) is 0.751. The van der Waals surface area contributed by atoms with Gasteiger partial charge in [-0.2, -0.15) is 5.26 Å². The zero-order valence-electron chi connectivity index (χ0n) is 12.1. The molecule has 2 aromatic heterocycles. The molecule has 0 aliphatic carbocycles. The normalized spacial score (nSPS) is 10.8. The Morgan fingerprint density at radius 2 is 2.09 bits per heavy atom. The van der Waals surface area contributed by atoms with Gasteiger partial charge in [-0.1, -0.05) is 6.07 Å². The van der Waals surface area contributed by atoms with Crippen LogP contribution >= 0.6 is 0 Å². The zero-order chi connectivity index (χ0) is 16.2. The van der Waals surface area contributed by atoms with Gasteiger partial charge in [-0.15, -0.1) is 0 Å². The number of sulfonamides is 1. The van der Waals surface area contributed by atoms with E-state index in [1.807, 2.05) is 6.07 Å². The van der Waals surface area contributed by atoms with Gasteiger partial charge < -0.3 is 5.32 Å². The fraction of sp³-hybridized carbons (Fsp3) is 0.231. The van der Waals surface area contributed by atoms with Crippen molar-refractivity contribution in [2.45, 2.75) is 6.54 Å². The minimum atomic E-state index is -3.40. The molecule has 0 aromatic carbocycles. The van der Waals surface area contributed by atoms with Gasteiger partial charge in [0.25, 0.3) is 0 Å². The van der Waals surface area contributed by atoms with Crippen molar-refractivity contribution in [3.63, 3.8) is 0 Å². The molecule has 0 aliphatic rings. The predicted molar refractivity (Wildman–Crippen MR) is 81.6 cm³/mol. The summed E-state index contributed by atoms with van der Waals surface area (Å²) >= 11 is 0. The van der Waals surface area contributed by atoms with Crippen LogP contribution in [-0.4, -0.2) is 36.7 Å². The third-order valence-electron chi connectivity index (χ3n) is 2.88. The Bertz CT molecular complexity index is 815. The summed E-state index contributed by atoms with van der Waals surface area (Å²) in [5, 5.41) is 11.8. The lowest BCUT2D eigenvalue weighted by Gasteiger charge is -2.19. The minimum Gasteiger partial charge on any atom is -0.366 e. The van der Waals surface area contributed by atoms with E-state index < -0.39 is 10.0 Å². The lowest BCUT2D eigenvalue weighted by Crippen LogP contribution is -2.27. The van der Waals surface area contributed by atoms with Gasteiger partial charge in [0.1, 0.15) is 17.7 Å². The number of nitriles is 1. The second-order valence-electron chi connectivity index (χ2n) is 4.45. The third-order valence-corrected chi connectivity index (χ3v) is 4.05. The fourth-order valence-electron chi connectivity index (χ4n) is 1.71. The van der Waals surface area contributed by atoms with Crippen molar-refractivity contribution in [3.8, 4) is 6.07 Å². The van der Waals surface area contributed by atoms with Crippen molar-refractivity contribution >= 4 is 21.7 Å². The van der Waals surface area contributed by atoms with Gasteiger partial charge >= 0.3 is 0 Å². The summed E-state index contributed by atoms with van der Waals surface area (Å²) in [7, 11) is -1.95. The van der Waals surface area contributed by atoms with Gasteiger partial charge in [0.05, 0.1) is 6.26 Å². The van der Waals surface area contributed by atoms with Crippen LogP contribution in [0.4, 0.5) is 11.6 Å². The molecule has 0 aliphatic heterocycles. The van der Waals surface area contributed by atoms with Gasteiger partial charge in [-0.25, -0.2) is 23.4 Å². The number of rotatable bonds is 5. The first kappa shape index (κ1) is 15.7. The first-order valence-electron chi connectivity index (χ1n) is 6.26. The number of hydrogen-bond acceptors (Lipinski definition) is 7. The average molecular weight is 318 g/mol. The smallest absolute Gasteiger partial charge is 0.234 e. The molecule has 22 heavy (non-hydrogen) atoms. The van der Waals surface area contributed by atoms with Crippen molar-refractivity contribution in [2.75, 3.05) is 22.9 Å². The first-order valence-corrected chi connectivity index (χ1v) is 8.11. The summed E-state index contributed by atoms with van der Waals surface area (Å²) < 4.78 is 24.4. The zero-order valence-corrected chi connectivity index (χ0v) is 12.9. The van der Waals surface area contributed by atoms with Gasteiger partial charge in [0.2, 0.25) is 15.8 Å². The molecule has 2 rings (SSSR count). The highest BCUT2D eigenvalue weighted by molar-refractivity contribution is 7.92. The second kappa shape index (κ2) is 6.36. The van der Waals surface area contributed by atoms with Crippen LogP contribution in [-0.2, 0) is 16.6 Å². The monoisotopic (exact) mass is 318 g/mol. The van der Waals surface area contributed by atoms with E-state index in [0.29, 0.717) is 23.7 Å².